The average Bonchev–Trinajstić information content (AvgIpc) is 2.58. The van der Waals surface area contributed by atoms with Crippen molar-refractivity contribution >= 4 is 35.3 Å². The molecule has 2 heterocycles. The normalized spacial score (nSPS) is 8.00. The topological polar surface area (TPSA) is 65.6 Å². The monoisotopic (exact) mass is 422 g/mol. The number of rotatable bonds is 0. The molecule has 121 valence electrons. The molecule has 4 nitrogen and oxygen atoms in total. The Kier molecular flexibility index (Phi) is 18.7. The zero-order valence-corrected chi connectivity index (χ0v) is 16.0. The first-order chi connectivity index (χ1) is 10.7. The van der Waals surface area contributed by atoms with Crippen LogP contribution in [0, 0.1) is 33.1 Å². The summed E-state index contributed by atoms with van der Waals surface area (Å²) < 4.78 is 15.0. The molecule has 24 heavy (non-hydrogen) atoms. The van der Waals surface area contributed by atoms with Gasteiger partial charge in [0.05, 0.1) is 11.0 Å². The Morgan fingerprint density at radius 1 is 0.833 bits per heavy atom. The van der Waals surface area contributed by atoms with Crippen molar-refractivity contribution in [3.8, 4) is 0 Å². The summed E-state index contributed by atoms with van der Waals surface area (Å²) in [7, 11) is 0. The number of pyridine rings is 2. The Morgan fingerprint density at radius 2 is 1.12 bits per heavy atom. The number of benzene rings is 1. The van der Waals surface area contributed by atoms with Gasteiger partial charge in [0, 0.05) is 23.2 Å². The summed E-state index contributed by atoms with van der Waals surface area (Å²) >= 11 is 0. The van der Waals surface area contributed by atoms with Gasteiger partial charge in [-0.1, -0.05) is 31.2 Å². The van der Waals surface area contributed by atoms with Crippen molar-refractivity contribution in [2.45, 2.75) is 6.92 Å². The van der Waals surface area contributed by atoms with Gasteiger partial charge in [0.25, 0.3) is 0 Å². The van der Waals surface area contributed by atoms with E-state index >= 15 is 0 Å². The minimum atomic E-state index is 0. The van der Waals surface area contributed by atoms with E-state index in [1.807, 2.05) is 19.1 Å². The van der Waals surface area contributed by atoms with Gasteiger partial charge in [0.15, 0.2) is 0 Å². The Morgan fingerprint density at radius 3 is 1.42 bits per heavy atom. The number of aromatic nitrogens is 2. The summed E-state index contributed by atoms with van der Waals surface area (Å²) in [6, 6.07) is 12.1. The molecule has 0 bridgehead atoms. The molecule has 3 radical (unpaired) electrons. The summed E-state index contributed by atoms with van der Waals surface area (Å²) in [5.41, 5.74) is 1.95. The maximum atomic E-state index is 7.50. The van der Waals surface area contributed by atoms with Crippen LogP contribution < -0.4 is 0 Å². The molecule has 0 saturated carbocycles. The molecule has 0 saturated heterocycles. The van der Waals surface area contributed by atoms with E-state index < -0.39 is 0 Å². The van der Waals surface area contributed by atoms with Crippen molar-refractivity contribution in [2.75, 3.05) is 0 Å². The fourth-order valence-electron chi connectivity index (χ4n) is 1.68. The zero-order chi connectivity index (χ0) is 17.0. The number of thiol groups is 1. The second-order valence-electron chi connectivity index (χ2n) is 4.17. The smallest absolute Gasteiger partial charge is 0.813 e. The van der Waals surface area contributed by atoms with Crippen LogP contribution in [0.15, 0.2) is 48.8 Å². The van der Waals surface area contributed by atoms with Gasteiger partial charge in [0.1, 0.15) is 0 Å². The predicted octanol–water partition coefficient (Wildman–Crippen LogP) is 3.68. The third kappa shape index (κ3) is 9.00. The predicted molar refractivity (Wildman–Crippen MR) is 93.3 cm³/mol. The van der Waals surface area contributed by atoms with Crippen LogP contribution in [0.2, 0.25) is 0 Å². The van der Waals surface area contributed by atoms with Crippen molar-refractivity contribution in [3.63, 3.8) is 0 Å². The van der Waals surface area contributed by atoms with E-state index in [1.165, 1.54) is 0 Å². The van der Waals surface area contributed by atoms with Gasteiger partial charge in [-0.2, -0.15) is 0 Å². The molecule has 0 N–H and O–H groups in total. The Hall–Kier alpha value is -1.44. The second-order valence-corrected chi connectivity index (χ2v) is 4.17. The number of hydrogen-bond donors (Lipinski definition) is 0. The van der Waals surface area contributed by atoms with Gasteiger partial charge < -0.3 is 13.5 Å². The van der Waals surface area contributed by atoms with Crippen LogP contribution in [-0.2, 0) is 43.9 Å². The second kappa shape index (κ2) is 16.4. The quantitative estimate of drug-likeness (QED) is 0.139. The SMILES string of the molecule is [C-]#[O+].[C-]#[O+].[CH2][C]([CH2])C.[Mo+2].[SH-].c1cnc2c(c1)ccc1cccnc12. The van der Waals surface area contributed by atoms with Crippen molar-refractivity contribution in [3.05, 3.63) is 81.9 Å². The minimum absolute atomic E-state index is 0. The van der Waals surface area contributed by atoms with E-state index in [4.69, 9.17) is 9.30 Å². The minimum Gasteiger partial charge on any atom is -0.813 e. The van der Waals surface area contributed by atoms with E-state index in [-0.39, 0.29) is 34.6 Å². The molecule has 1 aromatic carbocycles. The summed E-state index contributed by atoms with van der Waals surface area (Å²) in [5, 5.41) is 2.28. The number of nitrogens with zero attached hydrogens (tertiary/aromatic N) is 2. The van der Waals surface area contributed by atoms with Crippen LogP contribution >= 0.6 is 0 Å². The summed E-state index contributed by atoms with van der Waals surface area (Å²) in [6.07, 6.45) is 3.60. The summed E-state index contributed by atoms with van der Waals surface area (Å²) in [4.78, 5) is 8.69. The molecule has 0 fully saturated rings. The molecule has 3 rings (SSSR count). The molecule has 0 aliphatic rings. The van der Waals surface area contributed by atoms with E-state index in [9.17, 15) is 0 Å². The van der Waals surface area contributed by atoms with Crippen molar-refractivity contribution in [1.29, 1.82) is 0 Å². The number of fused-ring (bicyclic) bond motifs is 3. The molecule has 0 atom stereocenters. The Balaban J connectivity index is -0.000000387. The van der Waals surface area contributed by atoms with Gasteiger partial charge in [-0.15, -0.1) is 0 Å². The van der Waals surface area contributed by atoms with Gasteiger partial charge in [-0.05, 0) is 31.9 Å². The average molecular weight is 420 g/mol. The van der Waals surface area contributed by atoms with E-state index in [2.05, 4.69) is 61.4 Å². The van der Waals surface area contributed by atoms with E-state index in [1.54, 1.807) is 12.4 Å². The first-order valence-corrected chi connectivity index (χ1v) is 6.15. The third-order valence-electron chi connectivity index (χ3n) is 2.34. The van der Waals surface area contributed by atoms with Gasteiger partial charge in [-0.25, -0.2) is 0 Å². The van der Waals surface area contributed by atoms with Crippen molar-refractivity contribution in [2.24, 2.45) is 0 Å². The standard InChI is InChI=1S/C12H8N2.C4H7.2CO.Mo.H2S/c1-3-9-5-6-10-4-2-8-14-12(10)11(9)13-7-1;1-4(2)3;2*1-2;;/h1-8H;1-2H2,3H3;;;;1H2/q;;;;+2;/p-1. The van der Waals surface area contributed by atoms with Crippen LogP contribution in [0.5, 0.6) is 0 Å². The van der Waals surface area contributed by atoms with Crippen LogP contribution in [-0.4, -0.2) is 9.97 Å². The van der Waals surface area contributed by atoms with Gasteiger partial charge >= 0.3 is 43.7 Å². The molecule has 0 amide bonds. The van der Waals surface area contributed by atoms with Crippen LogP contribution in [0.3, 0.4) is 0 Å². The molecule has 6 heteroatoms. The van der Waals surface area contributed by atoms with E-state index in [0.717, 1.165) is 27.7 Å². The van der Waals surface area contributed by atoms with Crippen LogP contribution in [0.25, 0.3) is 21.8 Å². The van der Waals surface area contributed by atoms with Crippen molar-refractivity contribution < 1.29 is 30.4 Å². The maximum Gasteiger partial charge on any atom is 2.00 e. The molecule has 3 aromatic rings. The first kappa shape index (κ1) is 27.4. The summed E-state index contributed by atoms with van der Waals surface area (Å²) in [6.45, 7) is 17.8. The Labute approximate surface area is 164 Å². The van der Waals surface area contributed by atoms with E-state index in [0.29, 0.717) is 0 Å². The zero-order valence-electron chi connectivity index (χ0n) is 13.1. The van der Waals surface area contributed by atoms with Crippen LogP contribution in [0.4, 0.5) is 0 Å². The number of hydrogen-bond acceptors (Lipinski definition) is 3. The maximum absolute atomic E-state index is 7.50. The van der Waals surface area contributed by atoms with Gasteiger partial charge in [0.2, 0.25) is 0 Å². The fraction of sp³-hybridized carbons (Fsp3) is 0.0556. The molecule has 0 spiro atoms. The molecule has 2 aromatic heterocycles. The third-order valence-corrected chi connectivity index (χ3v) is 2.34. The molecular weight excluding hydrogens is 404 g/mol. The fourth-order valence-corrected chi connectivity index (χ4v) is 1.68. The molecular formula is C18H16MoN2O2S+. The molecule has 0 aliphatic carbocycles. The summed E-state index contributed by atoms with van der Waals surface area (Å²) in [5.74, 6) is 0.917. The first-order valence-electron chi connectivity index (χ1n) is 6.15. The van der Waals surface area contributed by atoms with Crippen molar-refractivity contribution in [1.82, 2.24) is 9.97 Å². The largest absolute Gasteiger partial charge is 2.00 e. The Bertz CT molecular complexity index is 682. The van der Waals surface area contributed by atoms with Crippen LogP contribution in [0.1, 0.15) is 6.92 Å². The molecule has 0 aliphatic heterocycles. The van der Waals surface area contributed by atoms with Gasteiger partial charge in [-0.3, -0.25) is 9.97 Å². The molecule has 0 unspecified atom stereocenters.